The van der Waals surface area contributed by atoms with E-state index in [4.69, 9.17) is 0 Å². The largest absolute Gasteiger partial charge is 0.508 e. The zero-order valence-corrected chi connectivity index (χ0v) is 11.8. The Morgan fingerprint density at radius 2 is 1.95 bits per heavy atom. The molecular formula is C14H11FN2O3S. The second-order valence-electron chi connectivity index (χ2n) is 4.70. The maximum atomic E-state index is 13.8. The number of aromatic amines is 1. The van der Waals surface area contributed by atoms with Crippen LogP contribution in [0.3, 0.4) is 0 Å². The van der Waals surface area contributed by atoms with E-state index >= 15 is 0 Å². The molecule has 0 atom stereocenters. The van der Waals surface area contributed by atoms with Crippen molar-refractivity contribution < 1.29 is 17.9 Å². The summed E-state index contributed by atoms with van der Waals surface area (Å²) < 4.78 is 36.9. The number of H-pyrrole nitrogens is 1. The van der Waals surface area contributed by atoms with Gasteiger partial charge in [-0.15, -0.1) is 0 Å². The second-order valence-corrected chi connectivity index (χ2v) is 6.72. The normalized spacial score (nSPS) is 11.9. The summed E-state index contributed by atoms with van der Waals surface area (Å²) in [6.07, 6.45) is 1.12. The summed E-state index contributed by atoms with van der Waals surface area (Å²) in [7, 11) is -3.32. The fourth-order valence-electron chi connectivity index (χ4n) is 2.04. The predicted molar refractivity (Wildman–Crippen MR) is 76.3 cm³/mol. The van der Waals surface area contributed by atoms with Crippen LogP contribution in [-0.2, 0) is 9.84 Å². The zero-order valence-electron chi connectivity index (χ0n) is 11.0. The third kappa shape index (κ3) is 2.47. The Labute approximate surface area is 120 Å². The number of hydrogen-bond acceptors (Lipinski definition) is 4. The van der Waals surface area contributed by atoms with Crippen LogP contribution < -0.4 is 0 Å². The molecule has 7 heteroatoms. The van der Waals surface area contributed by atoms with E-state index in [-0.39, 0.29) is 22.0 Å². The molecule has 108 valence electrons. The molecule has 2 aromatic carbocycles. The standard InChI is InChI=1S/C14H11FN2O3S/c1-21(19,20)9-3-5-12-13(7-9)17-14(16-12)10-4-2-8(18)6-11(10)15/h2-7,18H,1H3,(H,16,17). The average molecular weight is 306 g/mol. The third-order valence-electron chi connectivity index (χ3n) is 3.09. The molecule has 0 unspecified atom stereocenters. The number of sulfone groups is 1. The number of halogens is 1. The quantitative estimate of drug-likeness (QED) is 0.762. The lowest BCUT2D eigenvalue weighted by molar-refractivity contribution is 0.469. The summed E-state index contributed by atoms with van der Waals surface area (Å²) in [5.74, 6) is -0.516. The fraction of sp³-hybridized carbons (Fsp3) is 0.0714. The summed E-state index contributed by atoms with van der Waals surface area (Å²) in [4.78, 5) is 7.28. The van der Waals surface area contributed by atoms with Crippen LogP contribution in [-0.4, -0.2) is 29.7 Å². The number of imidazole rings is 1. The lowest BCUT2D eigenvalue weighted by atomic mass is 10.2. The van der Waals surface area contributed by atoms with E-state index in [1.165, 1.54) is 24.3 Å². The van der Waals surface area contributed by atoms with Crippen LogP contribution in [0.5, 0.6) is 5.75 Å². The number of aromatic nitrogens is 2. The Kier molecular flexibility index (Phi) is 2.94. The van der Waals surface area contributed by atoms with E-state index in [0.29, 0.717) is 11.0 Å². The first-order valence-corrected chi connectivity index (χ1v) is 7.92. The maximum Gasteiger partial charge on any atom is 0.175 e. The topological polar surface area (TPSA) is 83.1 Å². The summed E-state index contributed by atoms with van der Waals surface area (Å²) in [6, 6.07) is 8.22. The van der Waals surface area contributed by atoms with Crippen molar-refractivity contribution in [2.45, 2.75) is 4.90 Å². The molecule has 0 bridgehead atoms. The van der Waals surface area contributed by atoms with Crippen molar-refractivity contribution in [3.63, 3.8) is 0 Å². The molecule has 0 aliphatic carbocycles. The maximum absolute atomic E-state index is 13.8. The van der Waals surface area contributed by atoms with Gasteiger partial charge >= 0.3 is 0 Å². The summed E-state index contributed by atoms with van der Waals surface area (Å²) in [5.41, 5.74) is 1.23. The van der Waals surface area contributed by atoms with Gasteiger partial charge in [-0.1, -0.05) is 0 Å². The second kappa shape index (κ2) is 4.56. The molecule has 0 amide bonds. The number of rotatable bonds is 2. The van der Waals surface area contributed by atoms with Crippen molar-refractivity contribution in [1.29, 1.82) is 0 Å². The highest BCUT2D eigenvalue weighted by Gasteiger charge is 2.13. The summed E-state index contributed by atoms with van der Waals surface area (Å²) in [6.45, 7) is 0. The van der Waals surface area contributed by atoms with Crippen LogP contribution >= 0.6 is 0 Å². The molecule has 0 saturated carbocycles. The lowest BCUT2D eigenvalue weighted by Crippen LogP contribution is -1.96. The minimum absolute atomic E-state index is 0.163. The molecular weight excluding hydrogens is 295 g/mol. The van der Waals surface area contributed by atoms with Gasteiger partial charge in [0.2, 0.25) is 0 Å². The van der Waals surface area contributed by atoms with Gasteiger partial charge in [0.05, 0.1) is 21.5 Å². The summed E-state index contributed by atoms with van der Waals surface area (Å²) in [5, 5.41) is 9.21. The van der Waals surface area contributed by atoms with E-state index in [1.54, 1.807) is 6.07 Å². The highest BCUT2D eigenvalue weighted by Crippen LogP contribution is 2.26. The molecule has 1 aromatic heterocycles. The number of phenolic OH excluding ortho intramolecular Hbond substituents is 1. The predicted octanol–water partition coefficient (Wildman–Crippen LogP) is 2.48. The fourth-order valence-corrected chi connectivity index (χ4v) is 2.69. The van der Waals surface area contributed by atoms with Crippen molar-refractivity contribution in [3.05, 3.63) is 42.2 Å². The number of fused-ring (bicyclic) bond motifs is 1. The molecule has 0 saturated heterocycles. The van der Waals surface area contributed by atoms with Gasteiger partial charge in [0.15, 0.2) is 9.84 Å². The lowest BCUT2D eigenvalue weighted by Gasteiger charge is -1.99. The molecule has 3 rings (SSSR count). The molecule has 0 aliphatic rings. The van der Waals surface area contributed by atoms with Crippen LogP contribution in [0, 0.1) is 5.82 Å². The first kappa shape index (κ1) is 13.6. The monoisotopic (exact) mass is 306 g/mol. The molecule has 0 radical (unpaired) electrons. The Morgan fingerprint density at radius 1 is 1.19 bits per heavy atom. The number of benzene rings is 2. The zero-order chi connectivity index (χ0) is 15.2. The number of nitrogens with one attached hydrogen (secondary N) is 1. The number of nitrogens with zero attached hydrogens (tertiary/aromatic N) is 1. The highest BCUT2D eigenvalue weighted by molar-refractivity contribution is 7.90. The Bertz CT molecular complexity index is 948. The highest BCUT2D eigenvalue weighted by atomic mass is 32.2. The smallest absolute Gasteiger partial charge is 0.175 e. The number of phenols is 1. The van der Waals surface area contributed by atoms with Crippen molar-refractivity contribution in [2.75, 3.05) is 6.26 Å². The first-order chi connectivity index (χ1) is 9.84. The molecule has 5 nitrogen and oxygen atoms in total. The average Bonchev–Trinajstić information content (AvgIpc) is 2.79. The van der Waals surface area contributed by atoms with Crippen molar-refractivity contribution in [2.24, 2.45) is 0 Å². The first-order valence-electron chi connectivity index (χ1n) is 6.03. The van der Waals surface area contributed by atoms with E-state index in [1.807, 2.05) is 0 Å². The molecule has 1 heterocycles. The van der Waals surface area contributed by atoms with Crippen LogP contribution in [0.1, 0.15) is 0 Å². The van der Waals surface area contributed by atoms with Gasteiger partial charge < -0.3 is 10.1 Å². The third-order valence-corrected chi connectivity index (χ3v) is 4.20. The summed E-state index contributed by atoms with van der Waals surface area (Å²) >= 11 is 0. The van der Waals surface area contributed by atoms with Crippen molar-refractivity contribution >= 4 is 20.9 Å². The number of hydrogen-bond donors (Lipinski definition) is 2. The minimum atomic E-state index is -3.32. The van der Waals surface area contributed by atoms with Gasteiger partial charge in [-0.25, -0.2) is 17.8 Å². The molecule has 21 heavy (non-hydrogen) atoms. The SMILES string of the molecule is CS(=O)(=O)c1ccc2nc(-c3ccc(O)cc3F)[nH]c2c1. The minimum Gasteiger partial charge on any atom is -0.508 e. The van der Waals surface area contributed by atoms with Crippen molar-refractivity contribution in [3.8, 4) is 17.1 Å². The van der Waals surface area contributed by atoms with Crippen LogP contribution in [0.25, 0.3) is 22.4 Å². The van der Waals surface area contributed by atoms with E-state index in [9.17, 15) is 17.9 Å². The molecule has 3 aromatic rings. The van der Waals surface area contributed by atoms with Gasteiger partial charge in [-0.3, -0.25) is 0 Å². The van der Waals surface area contributed by atoms with Gasteiger partial charge in [0.25, 0.3) is 0 Å². The van der Waals surface area contributed by atoms with Crippen LogP contribution in [0.15, 0.2) is 41.3 Å². The molecule has 2 N–H and O–H groups in total. The molecule has 0 aliphatic heterocycles. The Morgan fingerprint density at radius 3 is 2.62 bits per heavy atom. The van der Waals surface area contributed by atoms with Gasteiger partial charge in [0.1, 0.15) is 17.4 Å². The van der Waals surface area contributed by atoms with Gasteiger partial charge in [-0.2, -0.15) is 0 Å². The van der Waals surface area contributed by atoms with Crippen LogP contribution in [0.2, 0.25) is 0 Å². The van der Waals surface area contributed by atoms with E-state index in [0.717, 1.165) is 12.3 Å². The van der Waals surface area contributed by atoms with Gasteiger partial charge in [-0.05, 0) is 30.3 Å². The molecule has 0 fully saturated rings. The van der Waals surface area contributed by atoms with Gasteiger partial charge in [0, 0.05) is 12.3 Å². The van der Waals surface area contributed by atoms with E-state index < -0.39 is 15.7 Å². The Hall–Kier alpha value is -2.41. The molecule has 0 spiro atoms. The van der Waals surface area contributed by atoms with Crippen LogP contribution in [0.4, 0.5) is 4.39 Å². The van der Waals surface area contributed by atoms with E-state index in [2.05, 4.69) is 9.97 Å². The Balaban J connectivity index is 2.17. The number of aromatic hydroxyl groups is 1. The van der Waals surface area contributed by atoms with Crippen molar-refractivity contribution in [1.82, 2.24) is 9.97 Å².